The molecule has 0 aliphatic heterocycles. The van der Waals surface area contributed by atoms with Gasteiger partial charge in [0.2, 0.25) is 0 Å². The lowest BCUT2D eigenvalue weighted by molar-refractivity contribution is -0.384. The summed E-state index contributed by atoms with van der Waals surface area (Å²) in [6.45, 7) is -0.358. The van der Waals surface area contributed by atoms with Gasteiger partial charge in [0.05, 0.1) is 22.7 Å². The molecule has 0 spiro atoms. The lowest BCUT2D eigenvalue weighted by Gasteiger charge is -2.02. The lowest BCUT2D eigenvalue weighted by atomic mass is 10.0. The Hall–Kier alpha value is -2.70. The first kappa shape index (κ1) is 15.2. The second-order valence-corrected chi connectivity index (χ2v) is 5.21. The van der Waals surface area contributed by atoms with Crippen LogP contribution in [-0.2, 0) is 6.61 Å². The highest BCUT2D eigenvalue weighted by atomic mass is 35.5. The molecule has 7 heteroatoms. The molecule has 1 heterocycles. The van der Waals surface area contributed by atoms with Crippen molar-refractivity contribution in [3.8, 4) is 22.6 Å². The van der Waals surface area contributed by atoms with Gasteiger partial charge in [-0.3, -0.25) is 10.1 Å². The molecule has 3 rings (SSSR count). The topological polar surface area (TPSA) is 89.4 Å². The molecule has 0 amide bonds. The minimum absolute atomic E-state index is 0.110. The third-order valence-electron chi connectivity index (χ3n) is 3.41. The summed E-state index contributed by atoms with van der Waals surface area (Å²) in [5.41, 5.74) is 1.68. The van der Waals surface area contributed by atoms with Crippen molar-refractivity contribution >= 4 is 17.3 Å². The van der Waals surface area contributed by atoms with Crippen molar-refractivity contribution < 1.29 is 14.6 Å². The molecule has 1 aromatic heterocycles. The minimum atomic E-state index is -0.499. The normalized spacial score (nSPS) is 10.7. The number of aliphatic hydroxyl groups is 1. The van der Waals surface area contributed by atoms with Crippen molar-refractivity contribution in [2.75, 3.05) is 0 Å². The Balaban J connectivity index is 2.16. The van der Waals surface area contributed by atoms with Gasteiger partial charge in [0.15, 0.2) is 5.76 Å². The van der Waals surface area contributed by atoms with Crippen LogP contribution in [0.4, 0.5) is 5.69 Å². The quantitative estimate of drug-likeness (QED) is 0.575. The highest BCUT2D eigenvalue weighted by Crippen LogP contribution is 2.36. The van der Waals surface area contributed by atoms with Crippen LogP contribution in [0.2, 0.25) is 5.02 Å². The molecule has 2 aromatic carbocycles. The summed E-state index contributed by atoms with van der Waals surface area (Å²) >= 11 is 5.86. The molecule has 6 nitrogen and oxygen atoms in total. The van der Waals surface area contributed by atoms with Gasteiger partial charge in [0.25, 0.3) is 5.69 Å². The largest absolute Gasteiger partial charge is 0.391 e. The Bertz CT molecular complexity index is 859. The van der Waals surface area contributed by atoms with Crippen LogP contribution >= 0.6 is 11.6 Å². The zero-order valence-corrected chi connectivity index (χ0v) is 12.5. The smallest absolute Gasteiger partial charge is 0.280 e. The van der Waals surface area contributed by atoms with E-state index in [9.17, 15) is 15.2 Å². The van der Waals surface area contributed by atoms with Crippen molar-refractivity contribution in [1.82, 2.24) is 5.16 Å². The Labute approximate surface area is 136 Å². The number of rotatable bonds is 4. The van der Waals surface area contributed by atoms with E-state index >= 15 is 0 Å². The van der Waals surface area contributed by atoms with Gasteiger partial charge in [-0.2, -0.15) is 0 Å². The Morgan fingerprint density at radius 3 is 2.52 bits per heavy atom. The fourth-order valence-electron chi connectivity index (χ4n) is 2.33. The second-order valence-electron chi connectivity index (χ2n) is 4.78. The SMILES string of the molecule is O=[N+]([O-])c1ccccc1-c1onc(-c2ccc(Cl)cc2)c1CO. The van der Waals surface area contributed by atoms with E-state index in [-0.39, 0.29) is 23.6 Å². The van der Waals surface area contributed by atoms with Gasteiger partial charge < -0.3 is 9.63 Å². The lowest BCUT2D eigenvalue weighted by Crippen LogP contribution is -1.94. The number of para-hydroxylation sites is 1. The van der Waals surface area contributed by atoms with Gasteiger partial charge in [-0.25, -0.2) is 0 Å². The van der Waals surface area contributed by atoms with Gasteiger partial charge in [0.1, 0.15) is 5.69 Å². The molecule has 0 bridgehead atoms. The molecule has 0 aliphatic carbocycles. The van der Waals surface area contributed by atoms with Crippen molar-refractivity contribution in [2.45, 2.75) is 6.61 Å². The standard InChI is InChI=1S/C16H11ClN2O4/c17-11-7-5-10(6-8-11)15-13(9-20)16(23-18-15)12-3-1-2-4-14(12)19(21)22/h1-8,20H,9H2. The summed E-state index contributed by atoms with van der Waals surface area (Å²) < 4.78 is 5.30. The third-order valence-corrected chi connectivity index (χ3v) is 3.66. The van der Waals surface area contributed by atoms with E-state index in [0.717, 1.165) is 0 Å². The molecule has 0 fully saturated rings. The van der Waals surface area contributed by atoms with E-state index in [1.165, 1.54) is 6.07 Å². The highest BCUT2D eigenvalue weighted by Gasteiger charge is 2.24. The molecule has 0 saturated heterocycles. The molecule has 0 aliphatic rings. The molecular weight excluding hydrogens is 320 g/mol. The molecular formula is C16H11ClN2O4. The van der Waals surface area contributed by atoms with Crippen LogP contribution in [0.15, 0.2) is 53.1 Å². The van der Waals surface area contributed by atoms with Crippen molar-refractivity contribution in [3.63, 3.8) is 0 Å². The summed E-state index contributed by atoms with van der Waals surface area (Å²) in [4.78, 5) is 10.7. The first-order valence-corrected chi connectivity index (χ1v) is 7.08. The molecule has 0 radical (unpaired) electrons. The second kappa shape index (κ2) is 6.20. The number of hydrogen-bond acceptors (Lipinski definition) is 5. The number of nitro benzene ring substituents is 1. The summed E-state index contributed by atoms with van der Waals surface area (Å²) in [6, 6.07) is 13.0. The molecule has 0 atom stereocenters. The summed E-state index contributed by atoms with van der Waals surface area (Å²) in [5, 5.41) is 25.4. The summed E-state index contributed by atoms with van der Waals surface area (Å²) in [5.74, 6) is 0.185. The fourth-order valence-corrected chi connectivity index (χ4v) is 2.45. The van der Waals surface area contributed by atoms with E-state index in [2.05, 4.69) is 5.16 Å². The first-order valence-electron chi connectivity index (χ1n) is 6.71. The van der Waals surface area contributed by atoms with E-state index in [4.69, 9.17) is 16.1 Å². The number of aliphatic hydroxyl groups excluding tert-OH is 1. The third kappa shape index (κ3) is 2.81. The molecule has 1 N–H and O–H groups in total. The van der Waals surface area contributed by atoms with Gasteiger partial charge in [0, 0.05) is 16.7 Å². The molecule has 3 aromatic rings. The van der Waals surface area contributed by atoms with E-state index in [1.807, 2.05) is 0 Å². The summed E-state index contributed by atoms with van der Waals surface area (Å²) in [7, 11) is 0. The minimum Gasteiger partial charge on any atom is -0.391 e. The summed E-state index contributed by atoms with van der Waals surface area (Å²) in [6.07, 6.45) is 0. The van der Waals surface area contributed by atoms with Gasteiger partial charge in [-0.1, -0.05) is 41.0 Å². The molecule has 0 saturated carbocycles. The predicted octanol–water partition coefficient (Wildman–Crippen LogP) is 4.06. The maximum Gasteiger partial charge on any atom is 0.280 e. The Morgan fingerprint density at radius 1 is 1.17 bits per heavy atom. The maximum absolute atomic E-state index is 11.2. The highest BCUT2D eigenvalue weighted by molar-refractivity contribution is 6.30. The first-order chi connectivity index (χ1) is 11.1. The Kier molecular flexibility index (Phi) is 4.10. The van der Waals surface area contributed by atoms with Crippen molar-refractivity contribution in [3.05, 3.63) is 69.2 Å². The van der Waals surface area contributed by atoms with Crippen LogP contribution < -0.4 is 0 Å². The van der Waals surface area contributed by atoms with E-state index in [0.29, 0.717) is 21.8 Å². The zero-order chi connectivity index (χ0) is 16.4. The van der Waals surface area contributed by atoms with E-state index < -0.39 is 4.92 Å². The fraction of sp³-hybridized carbons (Fsp3) is 0.0625. The Morgan fingerprint density at radius 2 is 1.87 bits per heavy atom. The monoisotopic (exact) mass is 330 g/mol. The van der Waals surface area contributed by atoms with Crippen LogP contribution in [-0.4, -0.2) is 15.2 Å². The molecule has 23 heavy (non-hydrogen) atoms. The van der Waals surface area contributed by atoms with Crippen LogP contribution in [0, 0.1) is 10.1 Å². The van der Waals surface area contributed by atoms with Crippen LogP contribution in [0.1, 0.15) is 5.56 Å². The molecule has 116 valence electrons. The average Bonchev–Trinajstić information content (AvgIpc) is 2.99. The number of nitrogens with zero attached hydrogens (tertiary/aromatic N) is 2. The van der Waals surface area contributed by atoms with Gasteiger partial charge in [-0.15, -0.1) is 0 Å². The van der Waals surface area contributed by atoms with Crippen LogP contribution in [0.3, 0.4) is 0 Å². The molecule has 0 unspecified atom stereocenters. The number of aromatic nitrogens is 1. The number of benzene rings is 2. The van der Waals surface area contributed by atoms with Crippen LogP contribution in [0.5, 0.6) is 0 Å². The number of hydrogen-bond donors (Lipinski definition) is 1. The number of nitro groups is 1. The average molecular weight is 331 g/mol. The van der Waals surface area contributed by atoms with Crippen molar-refractivity contribution in [2.24, 2.45) is 0 Å². The number of halogens is 1. The van der Waals surface area contributed by atoms with Gasteiger partial charge in [-0.05, 0) is 18.2 Å². The van der Waals surface area contributed by atoms with E-state index in [1.54, 1.807) is 42.5 Å². The van der Waals surface area contributed by atoms with Gasteiger partial charge >= 0.3 is 0 Å². The van der Waals surface area contributed by atoms with Crippen molar-refractivity contribution in [1.29, 1.82) is 0 Å². The predicted molar refractivity (Wildman–Crippen MR) is 85.0 cm³/mol. The maximum atomic E-state index is 11.2. The zero-order valence-electron chi connectivity index (χ0n) is 11.8. The van der Waals surface area contributed by atoms with Crippen LogP contribution in [0.25, 0.3) is 22.6 Å².